The predicted octanol–water partition coefficient (Wildman–Crippen LogP) is 1.73. The number of aromatic nitrogens is 1. The van der Waals surface area contributed by atoms with Crippen molar-refractivity contribution in [3.63, 3.8) is 0 Å². The Bertz CT molecular complexity index is 686. The van der Waals surface area contributed by atoms with E-state index in [1.54, 1.807) is 6.20 Å². The van der Waals surface area contributed by atoms with E-state index in [-0.39, 0.29) is 6.10 Å². The van der Waals surface area contributed by atoms with Crippen molar-refractivity contribution in [3.05, 3.63) is 23.4 Å². The summed E-state index contributed by atoms with van der Waals surface area (Å²) >= 11 is 6.30. The number of guanidine groups is 1. The predicted molar refractivity (Wildman–Crippen MR) is 113 cm³/mol. The Balaban J connectivity index is 1.31. The van der Waals surface area contributed by atoms with Crippen LogP contribution in [0.15, 0.2) is 23.3 Å². The summed E-state index contributed by atoms with van der Waals surface area (Å²) in [6.07, 6.45) is 5.60. The maximum Gasteiger partial charge on any atom is 0.191 e. The molecule has 0 bridgehead atoms. The molecular weight excluding hydrogens is 376 g/mol. The van der Waals surface area contributed by atoms with Gasteiger partial charge in [-0.1, -0.05) is 11.6 Å². The first-order valence-electron chi connectivity index (χ1n) is 10.5. The number of nitrogens with one attached hydrogen (secondary N) is 2. The number of anilines is 1. The monoisotopic (exact) mass is 406 g/mol. The second kappa shape index (κ2) is 9.29. The van der Waals surface area contributed by atoms with Crippen LogP contribution in [-0.2, 0) is 4.74 Å². The first kappa shape index (κ1) is 19.7. The number of rotatable bonds is 5. The molecule has 8 heteroatoms. The molecule has 0 spiro atoms. The Hall–Kier alpha value is -1.57. The van der Waals surface area contributed by atoms with Crippen molar-refractivity contribution in [1.29, 1.82) is 0 Å². The molecule has 28 heavy (non-hydrogen) atoms. The fourth-order valence-electron chi connectivity index (χ4n) is 4.38. The molecule has 3 aliphatic heterocycles. The Labute approximate surface area is 172 Å². The number of hydrogen-bond acceptors (Lipinski definition) is 5. The van der Waals surface area contributed by atoms with E-state index in [1.165, 1.54) is 19.4 Å². The molecular formula is C20H31ClN6O. The Kier molecular flexibility index (Phi) is 6.54. The van der Waals surface area contributed by atoms with Gasteiger partial charge in [-0.2, -0.15) is 0 Å². The van der Waals surface area contributed by atoms with Crippen LogP contribution in [0.1, 0.15) is 26.2 Å². The molecule has 1 aromatic heterocycles. The summed E-state index contributed by atoms with van der Waals surface area (Å²) in [5.74, 6) is 1.74. The summed E-state index contributed by atoms with van der Waals surface area (Å²) in [5, 5.41) is 7.66. The zero-order valence-electron chi connectivity index (χ0n) is 16.6. The van der Waals surface area contributed by atoms with Gasteiger partial charge in [-0.3, -0.25) is 9.89 Å². The molecule has 3 saturated heterocycles. The molecule has 0 aromatic carbocycles. The smallest absolute Gasteiger partial charge is 0.191 e. The van der Waals surface area contributed by atoms with Crippen LogP contribution in [0.25, 0.3) is 0 Å². The second-order valence-electron chi connectivity index (χ2n) is 7.85. The van der Waals surface area contributed by atoms with Gasteiger partial charge < -0.3 is 20.3 Å². The van der Waals surface area contributed by atoms with E-state index >= 15 is 0 Å². The molecule has 0 saturated carbocycles. The maximum atomic E-state index is 6.30. The number of morpholine rings is 1. The van der Waals surface area contributed by atoms with Gasteiger partial charge in [0.25, 0.3) is 0 Å². The molecule has 2 N–H and O–H groups in total. The van der Waals surface area contributed by atoms with Gasteiger partial charge in [0.2, 0.25) is 0 Å². The highest BCUT2D eigenvalue weighted by Gasteiger charge is 2.32. The third kappa shape index (κ3) is 4.70. The van der Waals surface area contributed by atoms with Gasteiger partial charge in [-0.25, -0.2) is 4.98 Å². The van der Waals surface area contributed by atoms with Crippen molar-refractivity contribution < 1.29 is 4.74 Å². The van der Waals surface area contributed by atoms with Crippen molar-refractivity contribution in [1.82, 2.24) is 20.5 Å². The van der Waals surface area contributed by atoms with Crippen molar-refractivity contribution in [3.8, 4) is 0 Å². The van der Waals surface area contributed by atoms with Crippen LogP contribution in [-0.4, -0.2) is 79.9 Å². The molecule has 3 aliphatic rings. The summed E-state index contributed by atoms with van der Waals surface area (Å²) < 4.78 is 6.04. The SMILES string of the molecule is CCNC(=NCC1CN2CCCC2CO1)NC1CCN(c2ncccc2Cl)C1. The Morgan fingerprint density at radius 3 is 3.14 bits per heavy atom. The van der Waals surface area contributed by atoms with Gasteiger partial charge in [0, 0.05) is 44.5 Å². The molecule has 7 nitrogen and oxygen atoms in total. The van der Waals surface area contributed by atoms with Gasteiger partial charge in [0.05, 0.1) is 24.3 Å². The van der Waals surface area contributed by atoms with E-state index < -0.39 is 0 Å². The van der Waals surface area contributed by atoms with Crippen LogP contribution < -0.4 is 15.5 Å². The normalized spacial score (nSPS) is 28.4. The molecule has 1 aromatic rings. The zero-order chi connectivity index (χ0) is 19.3. The minimum atomic E-state index is 0.192. The Morgan fingerprint density at radius 2 is 2.29 bits per heavy atom. The number of halogens is 1. The number of pyridine rings is 1. The average molecular weight is 407 g/mol. The van der Waals surface area contributed by atoms with Crippen LogP contribution in [0, 0.1) is 0 Å². The van der Waals surface area contributed by atoms with E-state index in [0.29, 0.717) is 23.7 Å². The second-order valence-corrected chi connectivity index (χ2v) is 8.26. The first-order valence-corrected chi connectivity index (χ1v) is 10.9. The molecule has 0 amide bonds. The lowest BCUT2D eigenvalue weighted by Gasteiger charge is -2.34. The summed E-state index contributed by atoms with van der Waals surface area (Å²) in [4.78, 5) is 14.0. The van der Waals surface area contributed by atoms with Crippen LogP contribution >= 0.6 is 11.6 Å². The molecule has 4 heterocycles. The van der Waals surface area contributed by atoms with Gasteiger partial charge in [0.1, 0.15) is 5.82 Å². The van der Waals surface area contributed by atoms with E-state index in [0.717, 1.165) is 51.0 Å². The highest BCUT2D eigenvalue weighted by molar-refractivity contribution is 6.32. The summed E-state index contributed by atoms with van der Waals surface area (Å²) in [6.45, 7) is 8.51. The molecule has 0 radical (unpaired) electrons. The lowest BCUT2D eigenvalue weighted by atomic mass is 10.2. The van der Waals surface area contributed by atoms with E-state index in [1.807, 2.05) is 12.1 Å². The highest BCUT2D eigenvalue weighted by Crippen LogP contribution is 2.26. The first-order chi connectivity index (χ1) is 13.7. The fraction of sp³-hybridized carbons (Fsp3) is 0.700. The number of fused-ring (bicyclic) bond motifs is 1. The van der Waals surface area contributed by atoms with Crippen molar-refractivity contribution in [2.45, 2.75) is 44.4 Å². The minimum Gasteiger partial charge on any atom is -0.373 e. The summed E-state index contributed by atoms with van der Waals surface area (Å²) in [7, 11) is 0. The quantitative estimate of drug-likeness (QED) is 0.573. The van der Waals surface area contributed by atoms with E-state index in [4.69, 9.17) is 21.3 Å². The van der Waals surface area contributed by atoms with Crippen molar-refractivity contribution in [2.75, 3.05) is 50.8 Å². The molecule has 3 unspecified atom stereocenters. The van der Waals surface area contributed by atoms with E-state index in [2.05, 4.69) is 32.3 Å². The van der Waals surface area contributed by atoms with Gasteiger partial charge in [-0.15, -0.1) is 0 Å². The zero-order valence-corrected chi connectivity index (χ0v) is 17.4. The van der Waals surface area contributed by atoms with Crippen LogP contribution in [0.4, 0.5) is 5.82 Å². The maximum absolute atomic E-state index is 6.30. The molecule has 0 aliphatic carbocycles. The molecule has 154 valence electrons. The third-order valence-corrected chi connectivity index (χ3v) is 6.12. The van der Waals surface area contributed by atoms with Gasteiger partial charge >= 0.3 is 0 Å². The summed E-state index contributed by atoms with van der Waals surface area (Å²) in [6, 6.07) is 4.72. The van der Waals surface area contributed by atoms with Crippen LogP contribution in [0.2, 0.25) is 5.02 Å². The van der Waals surface area contributed by atoms with Crippen molar-refractivity contribution in [2.24, 2.45) is 4.99 Å². The largest absolute Gasteiger partial charge is 0.373 e. The topological polar surface area (TPSA) is 65.0 Å². The fourth-order valence-corrected chi connectivity index (χ4v) is 4.62. The lowest BCUT2D eigenvalue weighted by Crippen LogP contribution is -2.48. The van der Waals surface area contributed by atoms with Crippen molar-refractivity contribution >= 4 is 23.4 Å². The number of aliphatic imine (C=N–C) groups is 1. The Morgan fingerprint density at radius 1 is 1.36 bits per heavy atom. The molecule has 3 atom stereocenters. The van der Waals surface area contributed by atoms with Gasteiger partial charge in [0.15, 0.2) is 5.96 Å². The van der Waals surface area contributed by atoms with Crippen LogP contribution in [0.3, 0.4) is 0 Å². The van der Waals surface area contributed by atoms with Gasteiger partial charge in [-0.05, 0) is 44.9 Å². The number of hydrogen-bond donors (Lipinski definition) is 2. The lowest BCUT2D eigenvalue weighted by molar-refractivity contribution is -0.0432. The number of ether oxygens (including phenoxy) is 1. The van der Waals surface area contributed by atoms with E-state index in [9.17, 15) is 0 Å². The highest BCUT2D eigenvalue weighted by atomic mass is 35.5. The molecule has 4 rings (SSSR count). The van der Waals surface area contributed by atoms with Crippen LogP contribution in [0.5, 0.6) is 0 Å². The number of nitrogens with zero attached hydrogens (tertiary/aromatic N) is 4. The standard InChI is InChI=1S/C20H31ClN6O/c1-2-22-20(24-11-17-13-26-9-4-5-16(26)14-28-17)25-15-7-10-27(12-15)19-18(21)6-3-8-23-19/h3,6,8,15-17H,2,4-5,7,9-14H2,1H3,(H2,22,24,25). The minimum absolute atomic E-state index is 0.192. The molecule has 3 fully saturated rings. The third-order valence-electron chi connectivity index (χ3n) is 5.83. The summed E-state index contributed by atoms with van der Waals surface area (Å²) in [5.41, 5.74) is 0. The average Bonchev–Trinajstić information content (AvgIpc) is 3.35.